The summed E-state index contributed by atoms with van der Waals surface area (Å²) in [4.78, 5) is 19.6. The van der Waals surface area contributed by atoms with E-state index in [1.165, 1.54) is 0 Å². The lowest BCUT2D eigenvalue weighted by Crippen LogP contribution is -2.17. The highest BCUT2D eigenvalue weighted by molar-refractivity contribution is 7.91. The number of ether oxygens (including phenoxy) is 1. The molecule has 0 saturated heterocycles. The molecule has 1 N–H and O–H groups in total. The fraction of sp³-hybridized carbons (Fsp3) is 0.333. The molecular formula is C18H21N3O4S. The summed E-state index contributed by atoms with van der Waals surface area (Å²) in [6.07, 6.45) is 3.24. The van der Waals surface area contributed by atoms with Gasteiger partial charge in [0.25, 0.3) is 5.56 Å². The van der Waals surface area contributed by atoms with Crippen LogP contribution in [-0.4, -0.2) is 41.1 Å². The molecule has 138 valence electrons. The van der Waals surface area contributed by atoms with Crippen molar-refractivity contribution in [3.63, 3.8) is 0 Å². The van der Waals surface area contributed by atoms with Gasteiger partial charge in [0, 0.05) is 35.6 Å². The summed E-state index contributed by atoms with van der Waals surface area (Å²) in [5.41, 5.74) is 0.825. The van der Waals surface area contributed by atoms with Crippen LogP contribution in [0.25, 0.3) is 22.3 Å². The molecule has 0 aliphatic carbocycles. The number of pyridine rings is 1. The first-order chi connectivity index (χ1) is 12.4. The molecule has 3 aromatic rings. The Labute approximate surface area is 151 Å². The van der Waals surface area contributed by atoms with Crippen LogP contribution in [-0.2, 0) is 16.4 Å². The number of aromatic nitrogens is 3. The van der Waals surface area contributed by atoms with Crippen molar-refractivity contribution >= 4 is 20.7 Å². The maximum Gasteiger partial charge on any atom is 0.259 e. The average molecular weight is 375 g/mol. The number of nitrogens with zero attached hydrogens (tertiary/aromatic N) is 2. The second kappa shape index (κ2) is 7.33. The summed E-state index contributed by atoms with van der Waals surface area (Å²) in [5.74, 6) is 1.26. The van der Waals surface area contributed by atoms with Gasteiger partial charge in [0.15, 0.2) is 9.84 Å². The number of imidazole rings is 1. The largest absolute Gasteiger partial charge is 0.494 e. The molecular weight excluding hydrogens is 354 g/mol. The number of fused-ring (bicyclic) bond motifs is 1. The number of hydrogen-bond donors (Lipinski definition) is 1. The Morgan fingerprint density at radius 2 is 2.04 bits per heavy atom. The smallest absolute Gasteiger partial charge is 0.259 e. The van der Waals surface area contributed by atoms with Gasteiger partial charge in [0.2, 0.25) is 0 Å². The number of H-pyrrole nitrogens is 1. The Morgan fingerprint density at radius 1 is 1.23 bits per heavy atom. The van der Waals surface area contributed by atoms with E-state index in [1.54, 1.807) is 42.1 Å². The second-order valence-electron chi connectivity index (χ2n) is 5.87. The summed E-state index contributed by atoms with van der Waals surface area (Å²) in [5, 5.41) is 0.821. The summed E-state index contributed by atoms with van der Waals surface area (Å²) in [6, 6.07) is 7.21. The van der Waals surface area contributed by atoms with E-state index in [1.807, 2.05) is 13.0 Å². The molecule has 0 bridgehead atoms. The SMILES string of the molecule is CCOc1ccc2[nH]c(=O)c(-c3nccn3CCS(=O)(=O)CC)cc2c1. The van der Waals surface area contributed by atoms with Crippen molar-refractivity contribution in [2.45, 2.75) is 20.4 Å². The van der Waals surface area contributed by atoms with Gasteiger partial charge in [-0.1, -0.05) is 6.92 Å². The van der Waals surface area contributed by atoms with Crippen molar-refractivity contribution in [2.75, 3.05) is 18.1 Å². The van der Waals surface area contributed by atoms with Gasteiger partial charge in [-0.3, -0.25) is 4.79 Å². The fourth-order valence-corrected chi connectivity index (χ4v) is 3.49. The highest BCUT2D eigenvalue weighted by atomic mass is 32.2. The van der Waals surface area contributed by atoms with Gasteiger partial charge < -0.3 is 14.3 Å². The molecule has 1 aromatic carbocycles. The highest BCUT2D eigenvalue weighted by Crippen LogP contribution is 2.22. The summed E-state index contributed by atoms with van der Waals surface area (Å²) >= 11 is 0. The van der Waals surface area contributed by atoms with Crippen LogP contribution in [0.1, 0.15) is 13.8 Å². The predicted molar refractivity (Wildman–Crippen MR) is 101 cm³/mol. The van der Waals surface area contributed by atoms with Crippen LogP contribution in [0.2, 0.25) is 0 Å². The van der Waals surface area contributed by atoms with E-state index in [2.05, 4.69) is 9.97 Å². The molecule has 0 atom stereocenters. The molecule has 8 heteroatoms. The maximum absolute atomic E-state index is 12.5. The summed E-state index contributed by atoms with van der Waals surface area (Å²) in [6.45, 7) is 4.33. The van der Waals surface area contributed by atoms with Crippen molar-refractivity contribution in [3.8, 4) is 17.1 Å². The first kappa shape index (κ1) is 18.2. The van der Waals surface area contributed by atoms with E-state index in [0.29, 0.717) is 23.5 Å². The van der Waals surface area contributed by atoms with Crippen LogP contribution >= 0.6 is 0 Å². The molecule has 0 aliphatic heterocycles. The minimum Gasteiger partial charge on any atom is -0.494 e. The normalized spacial score (nSPS) is 11.8. The molecule has 2 aromatic heterocycles. The van der Waals surface area contributed by atoms with Crippen molar-refractivity contribution in [2.24, 2.45) is 0 Å². The van der Waals surface area contributed by atoms with Crippen LogP contribution in [0.15, 0.2) is 41.5 Å². The number of sulfone groups is 1. The van der Waals surface area contributed by atoms with Gasteiger partial charge in [0.05, 0.1) is 17.9 Å². The van der Waals surface area contributed by atoms with Crippen molar-refractivity contribution in [3.05, 3.63) is 47.0 Å². The zero-order chi connectivity index (χ0) is 18.7. The van der Waals surface area contributed by atoms with Crippen LogP contribution in [0.3, 0.4) is 0 Å². The monoisotopic (exact) mass is 375 g/mol. The van der Waals surface area contributed by atoms with Crippen LogP contribution < -0.4 is 10.3 Å². The van der Waals surface area contributed by atoms with E-state index >= 15 is 0 Å². The van der Waals surface area contributed by atoms with E-state index in [0.717, 1.165) is 11.1 Å². The molecule has 2 heterocycles. The predicted octanol–water partition coefficient (Wildman–Crippen LogP) is 2.22. The molecule has 3 rings (SSSR count). The van der Waals surface area contributed by atoms with Crippen molar-refractivity contribution in [1.29, 1.82) is 0 Å². The summed E-state index contributed by atoms with van der Waals surface area (Å²) < 4.78 is 30.7. The molecule has 0 fully saturated rings. The standard InChI is InChI=1S/C18H21N3O4S/c1-3-25-14-5-6-16-13(11-14)12-15(18(22)20-16)17-19-7-8-21(17)9-10-26(23,24)4-2/h5-8,11-12H,3-4,9-10H2,1-2H3,(H,20,22). The molecule has 7 nitrogen and oxygen atoms in total. The zero-order valence-corrected chi connectivity index (χ0v) is 15.5. The molecule has 0 spiro atoms. The van der Waals surface area contributed by atoms with E-state index in [4.69, 9.17) is 4.74 Å². The minimum atomic E-state index is -3.10. The van der Waals surface area contributed by atoms with Crippen LogP contribution in [0, 0.1) is 0 Å². The van der Waals surface area contributed by atoms with Gasteiger partial charge in [-0.2, -0.15) is 0 Å². The molecule has 0 unspecified atom stereocenters. The quantitative estimate of drug-likeness (QED) is 0.683. The molecule has 0 aliphatic rings. The molecule has 0 radical (unpaired) electrons. The Hall–Kier alpha value is -2.61. The van der Waals surface area contributed by atoms with E-state index < -0.39 is 9.84 Å². The number of hydrogen-bond acceptors (Lipinski definition) is 5. The maximum atomic E-state index is 12.5. The lowest BCUT2D eigenvalue weighted by molar-refractivity contribution is 0.340. The van der Waals surface area contributed by atoms with Crippen LogP contribution in [0.5, 0.6) is 5.75 Å². The second-order valence-corrected chi connectivity index (χ2v) is 8.35. The molecule has 26 heavy (non-hydrogen) atoms. The first-order valence-electron chi connectivity index (χ1n) is 8.45. The number of rotatable bonds is 7. The average Bonchev–Trinajstić information content (AvgIpc) is 3.08. The molecule has 0 amide bonds. The highest BCUT2D eigenvalue weighted by Gasteiger charge is 2.14. The fourth-order valence-electron chi connectivity index (χ4n) is 2.72. The third-order valence-electron chi connectivity index (χ3n) is 4.17. The zero-order valence-electron chi connectivity index (χ0n) is 14.7. The van der Waals surface area contributed by atoms with Crippen molar-refractivity contribution in [1.82, 2.24) is 14.5 Å². The topological polar surface area (TPSA) is 94.1 Å². The Morgan fingerprint density at radius 3 is 2.77 bits per heavy atom. The lowest BCUT2D eigenvalue weighted by atomic mass is 10.1. The first-order valence-corrected chi connectivity index (χ1v) is 10.3. The van der Waals surface area contributed by atoms with E-state index in [-0.39, 0.29) is 23.6 Å². The van der Waals surface area contributed by atoms with Gasteiger partial charge in [-0.25, -0.2) is 13.4 Å². The summed E-state index contributed by atoms with van der Waals surface area (Å²) in [7, 11) is -3.10. The van der Waals surface area contributed by atoms with Gasteiger partial charge in [-0.15, -0.1) is 0 Å². The number of nitrogens with one attached hydrogen (secondary N) is 1. The van der Waals surface area contributed by atoms with Crippen LogP contribution in [0.4, 0.5) is 0 Å². The number of aromatic amines is 1. The van der Waals surface area contributed by atoms with Crippen molar-refractivity contribution < 1.29 is 13.2 Å². The van der Waals surface area contributed by atoms with Gasteiger partial charge in [0.1, 0.15) is 11.6 Å². The number of benzene rings is 1. The third-order valence-corrected chi connectivity index (χ3v) is 5.85. The van der Waals surface area contributed by atoms with E-state index in [9.17, 15) is 13.2 Å². The number of aryl methyl sites for hydroxylation is 1. The Bertz CT molecular complexity index is 1080. The van der Waals surface area contributed by atoms with Gasteiger partial charge in [-0.05, 0) is 31.2 Å². The molecule has 0 saturated carbocycles. The Balaban J connectivity index is 2.01. The lowest BCUT2D eigenvalue weighted by Gasteiger charge is -2.09. The van der Waals surface area contributed by atoms with Gasteiger partial charge >= 0.3 is 0 Å². The third kappa shape index (κ3) is 3.80. The Kier molecular flexibility index (Phi) is 5.13. The minimum absolute atomic E-state index is 0.00678.